The normalized spacial score (nSPS) is 11.5. The lowest BCUT2D eigenvalue weighted by molar-refractivity contribution is 1.24. The highest BCUT2D eigenvalue weighted by Crippen LogP contribution is 2.19. The maximum absolute atomic E-state index is 4.53. The van der Waals surface area contributed by atoms with Gasteiger partial charge in [0.1, 0.15) is 0 Å². The average Bonchev–Trinajstić information content (AvgIpc) is 2.42. The van der Waals surface area contributed by atoms with Crippen LogP contribution < -0.4 is 0 Å². The Labute approximate surface area is 128 Å². The van der Waals surface area contributed by atoms with Gasteiger partial charge in [0.25, 0.3) is 0 Å². The van der Waals surface area contributed by atoms with Gasteiger partial charge in [0.15, 0.2) is 0 Å². The summed E-state index contributed by atoms with van der Waals surface area (Å²) in [4.78, 5) is 4.53. The highest BCUT2D eigenvalue weighted by molar-refractivity contribution is 6.03. The van der Waals surface area contributed by atoms with Gasteiger partial charge in [-0.2, -0.15) is 0 Å². The Kier molecular flexibility index (Phi) is 4.74. The van der Waals surface area contributed by atoms with Crippen LogP contribution in [0.1, 0.15) is 33.4 Å². The molecule has 0 bridgehead atoms. The van der Waals surface area contributed by atoms with E-state index in [1.165, 1.54) is 33.4 Å². The van der Waals surface area contributed by atoms with Gasteiger partial charge in [0, 0.05) is 12.6 Å². The molecule has 2 aromatic rings. The van der Waals surface area contributed by atoms with Crippen molar-refractivity contribution in [2.45, 2.75) is 34.1 Å². The third-order valence-corrected chi connectivity index (χ3v) is 3.85. The van der Waals surface area contributed by atoms with Crippen LogP contribution in [-0.4, -0.2) is 5.71 Å². The zero-order valence-corrected chi connectivity index (χ0v) is 13.4. The Hall–Kier alpha value is -2.15. The Bertz CT molecular complexity index is 693. The van der Waals surface area contributed by atoms with Crippen molar-refractivity contribution in [1.29, 1.82) is 0 Å². The summed E-state index contributed by atoms with van der Waals surface area (Å²) in [6.45, 7) is 12.3. The van der Waals surface area contributed by atoms with E-state index in [4.69, 9.17) is 0 Å². The summed E-state index contributed by atoms with van der Waals surface area (Å²) in [5.74, 6) is 0. The first kappa shape index (κ1) is 15.2. The molecule has 0 fully saturated rings. The lowest BCUT2D eigenvalue weighted by atomic mass is 9.94. The molecular formula is C20H23N. The number of nitrogens with zero attached hydrogens (tertiary/aromatic N) is 1. The smallest absolute Gasteiger partial charge is 0.0522 e. The number of aryl methyl sites for hydroxylation is 4. The fourth-order valence-corrected chi connectivity index (χ4v) is 2.61. The summed E-state index contributed by atoms with van der Waals surface area (Å²) in [7, 11) is 0. The lowest BCUT2D eigenvalue weighted by Gasteiger charge is -2.13. The topological polar surface area (TPSA) is 12.4 Å². The number of rotatable bonds is 4. The van der Waals surface area contributed by atoms with Gasteiger partial charge >= 0.3 is 0 Å². The SMILES string of the molecule is C=C/N=C(/Cc1cccc(C)c1)c1cc(C)c(C)cc1C. The van der Waals surface area contributed by atoms with Crippen LogP contribution in [0, 0.1) is 27.7 Å². The van der Waals surface area contributed by atoms with Gasteiger partial charge in [-0.15, -0.1) is 0 Å². The highest BCUT2D eigenvalue weighted by atomic mass is 14.7. The molecule has 0 aromatic heterocycles. The molecule has 0 saturated heterocycles. The van der Waals surface area contributed by atoms with E-state index in [-0.39, 0.29) is 0 Å². The van der Waals surface area contributed by atoms with Crippen molar-refractivity contribution < 1.29 is 0 Å². The summed E-state index contributed by atoms with van der Waals surface area (Å²) in [5.41, 5.74) is 8.76. The number of benzene rings is 2. The van der Waals surface area contributed by atoms with Crippen LogP contribution in [0.25, 0.3) is 0 Å². The number of aliphatic imine (C=N–C) groups is 1. The van der Waals surface area contributed by atoms with E-state index >= 15 is 0 Å². The molecule has 21 heavy (non-hydrogen) atoms. The molecule has 108 valence electrons. The molecule has 1 nitrogen and oxygen atoms in total. The lowest BCUT2D eigenvalue weighted by Crippen LogP contribution is -2.08. The molecule has 2 rings (SSSR count). The van der Waals surface area contributed by atoms with Crippen LogP contribution in [0.3, 0.4) is 0 Å². The van der Waals surface area contributed by atoms with Gasteiger partial charge < -0.3 is 0 Å². The van der Waals surface area contributed by atoms with Crippen LogP contribution in [0.15, 0.2) is 54.2 Å². The second-order valence-electron chi connectivity index (χ2n) is 5.68. The largest absolute Gasteiger partial charge is 0.261 e. The third kappa shape index (κ3) is 3.69. The second kappa shape index (κ2) is 6.53. The monoisotopic (exact) mass is 277 g/mol. The Morgan fingerprint density at radius 3 is 2.38 bits per heavy atom. The average molecular weight is 277 g/mol. The summed E-state index contributed by atoms with van der Waals surface area (Å²) in [6.07, 6.45) is 2.47. The Balaban J connectivity index is 2.43. The van der Waals surface area contributed by atoms with Crippen LogP contribution in [-0.2, 0) is 6.42 Å². The van der Waals surface area contributed by atoms with E-state index in [1.54, 1.807) is 6.20 Å². The van der Waals surface area contributed by atoms with Crippen molar-refractivity contribution in [3.8, 4) is 0 Å². The first-order valence-corrected chi connectivity index (χ1v) is 7.32. The number of hydrogen-bond donors (Lipinski definition) is 0. The van der Waals surface area contributed by atoms with Gasteiger partial charge in [0.2, 0.25) is 0 Å². The molecule has 0 atom stereocenters. The first-order valence-electron chi connectivity index (χ1n) is 7.32. The van der Waals surface area contributed by atoms with Gasteiger partial charge in [-0.1, -0.05) is 42.5 Å². The molecule has 0 N–H and O–H groups in total. The molecule has 0 aliphatic carbocycles. The molecule has 0 aliphatic rings. The van der Waals surface area contributed by atoms with E-state index in [1.807, 2.05) is 0 Å². The van der Waals surface area contributed by atoms with Crippen LogP contribution in [0.4, 0.5) is 0 Å². The minimum absolute atomic E-state index is 0.830. The minimum Gasteiger partial charge on any atom is -0.261 e. The van der Waals surface area contributed by atoms with Gasteiger partial charge in [-0.05, 0) is 61.6 Å². The molecule has 0 aliphatic heterocycles. The minimum atomic E-state index is 0.830. The van der Waals surface area contributed by atoms with E-state index in [0.717, 1.165) is 12.1 Å². The van der Waals surface area contributed by atoms with Gasteiger partial charge in [0.05, 0.1) is 5.71 Å². The van der Waals surface area contributed by atoms with Crippen molar-refractivity contribution in [2.24, 2.45) is 4.99 Å². The predicted octanol–water partition coefficient (Wildman–Crippen LogP) is 5.10. The van der Waals surface area contributed by atoms with E-state index in [2.05, 4.69) is 75.7 Å². The molecule has 2 aromatic carbocycles. The standard InChI is InChI=1S/C20H23N/c1-6-21-20(13-18-9-7-8-14(2)10-18)19-12-16(4)15(3)11-17(19)5/h6-12H,1,13H2,2-5H3/b21-20-. The fraction of sp³-hybridized carbons (Fsp3) is 0.250. The fourth-order valence-electron chi connectivity index (χ4n) is 2.61. The first-order chi connectivity index (χ1) is 10.0. The quantitative estimate of drug-likeness (QED) is 0.690. The Morgan fingerprint density at radius 2 is 1.71 bits per heavy atom. The van der Waals surface area contributed by atoms with Crippen LogP contribution in [0.2, 0.25) is 0 Å². The molecular weight excluding hydrogens is 254 g/mol. The molecule has 0 saturated carbocycles. The molecule has 0 heterocycles. The molecule has 0 amide bonds. The molecule has 0 radical (unpaired) electrons. The summed E-state index contributed by atoms with van der Waals surface area (Å²) >= 11 is 0. The van der Waals surface area contributed by atoms with Crippen LogP contribution >= 0.6 is 0 Å². The molecule has 0 unspecified atom stereocenters. The van der Waals surface area contributed by atoms with Gasteiger partial charge in [-0.3, -0.25) is 4.99 Å². The van der Waals surface area contributed by atoms with Crippen molar-refractivity contribution in [3.05, 3.63) is 82.6 Å². The maximum Gasteiger partial charge on any atom is 0.0522 e. The van der Waals surface area contributed by atoms with Crippen molar-refractivity contribution >= 4 is 5.71 Å². The van der Waals surface area contributed by atoms with E-state index in [0.29, 0.717) is 0 Å². The summed E-state index contributed by atoms with van der Waals surface area (Å²) < 4.78 is 0. The summed E-state index contributed by atoms with van der Waals surface area (Å²) in [5, 5.41) is 0. The van der Waals surface area contributed by atoms with Crippen molar-refractivity contribution in [2.75, 3.05) is 0 Å². The predicted molar refractivity (Wildman–Crippen MR) is 92.3 cm³/mol. The Morgan fingerprint density at radius 1 is 1.00 bits per heavy atom. The van der Waals surface area contributed by atoms with E-state index < -0.39 is 0 Å². The second-order valence-corrected chi connectivity index (χ2v) is 5.68. The zero-order valence-electron chi connectivity index (χ0n) is 13.4. The van der Waals surface area contributed by atoms with Crippen LogP contribution in [0.5, 0.6) is 0 Å². The zero-order chi connectivity index (χ0) is 15.4. The van der Waals surface area contributed by atoms with Crippen molar-refractivity contribution in [1.82, 2.24) is 0 Å². The third-order valence-electron chi connectivity index (χ3n) is 3.85. The maximum atomic E-state index is 4.53. The summed E-state index contributed by atoms with van der Waals surface area (Å²) in [6, 6.07) is 13.1. The molecule has 1 heteroatoms. The highest BCUT2D eigenvalue weighted by Gasteiger charge is 2.10. The van der Waals surface area contributed by atoms with Gasteiger partial charge in [-0.25, -0.2) is 0 Å². The van der Waals surface area contributed by atoms with E-state index in [9.17, 15) is 0 Å². The van der Waals surface area contributed by atoms with Crippen molar-refractivity contribution in [3.63, 3.8) is 0 Å². The number of hydrogen-bond acceptors (Lipinski definition) is 1. The molecule has 0 spiro atoms.